The summed E-state index contributed by atoms with van der Waals surface area (Å²) < 4.78 is 1.24. The van der Waals surface area contributed by atoms with Gasteiger partial charge in [0.15, 0.2) is 0 Å². The highest BCUT2D eigenvalue weighted by Gasteiger charge is 2.06. The number of unbranched alkanes of at least 4 members (excludes halogenated alkanes) is 1. The Kier molecular flexibility index (Phi) is 7.33. The molecule has 16 heavy (non-hydrogen) atoms. The Bertz CT molecular complexity index is 285. The van der Waals surface area contributed by atoms with Gasteiger partial charge in [-0.15, -0.1) is 11.3 Å². The van der Waals surface area contributed by atoms with Crippen molar-refractivity contribution in [3.05, 3.63) is 20.8 Å². The Morgan fingerprint density at radius 2 is 2.25 bits per heavy atom. The van der Waals surface area contributed by atoms with Gasteiger partial charge in [0.1, 0.15) is 0 Å². The quantitative estimate of drug-likeness (QED) is 0.726. The third kappa shape index (κ3) is 4.98. The first-order valence-electron chi connectivity index (χ1n) is 6.20. The van der Waals surface area contributed by atoms with Crippen LogP contribution in [-0.4, -0.2) is 6.54 Å². The van der Waals surface area contributed by atoms with E-state index in [4.69, 9.17) is 0 Å². The van der Waals surface area contributed by atoms with E-state index >= 15 is 0 Å². The fourth-order valence-electron chi connectivity index (χ4n) is 1.78. The Hall–Kier alpha value is 0.140. The molecule has 0 saturated heterocycles. The molecule has 1 aromatic rings. The molecule has 1 unspecified atom stereocenters. The lowest BCUT2D eigenvalue weighted by Crippen LogP contribution is -2.21. The molecule has 0 bridgehead atoms. The summed E-state index contributed by atoms with van der Waals surface area (Å²) in [5.41, 5.74) is 0. The van der Waals surface area contributed by atoms with Crippen LogP contribution in [0.2, 0.25) is 0 Å². The standard InChI is InChI=1S/C13H22BrNS/c1-3-5-6-11(4-2)9-15-10-13-12(14)7-8-16-13/h7-8,11,15H,3-6,9-10H2,1-2H3. The van der Waals surface area contributed by atoms with Crippen molar-refractivity contribution < 1.29 is 0 Å². The zero-order chi connectivity index (χ0) is 11.8. The Morgan fingerprint density at radius 1 is 1.44 bits per heavy atom. The Balaban J connectivity index is 2.20. The highest BCUT2D eigenvalue weighted by Crippen LogP contribution is 2.22. The van der Waals surface area contributed by atoms with E-state index in [1.54, 1.807) is 0 Å². The molecular weight excluding hydrogens is 282 g/mol. The van der Waals surface area contributed by atoms with E-state index in [1.165, 1.54) is 35.0 Å². The lowest BCUT2D eigenvalue weighted by Gasteiger charge is -2.14. The summed E-state index contributed by atoms with van der Waals surface area (Å²) in [6.07, 6.45) is 5.33. The third-order valence-corrected chi connectivity index (χ3v) is 4.88. The first kappa shape index (κ1) is 14.2. The van der Waals surface area contributed by atoms with Gasteiger partial charge < -0.3 is 5.32 Å². The molecule has 0 aliphatic rings. The van der Waals surface area contributed by atoms with Crippen LogP contribution in [0.4, 0.5) is 0 Å². The molecular formula is C13H22BrNS. The van der Waals surface area contributed by atoms with Crippen molar-refractivity contribution in [3.8, 4) is 0 Å². The van der Waals surface area contributed by atoms with Crippen LogP contribution in [0.25, 0.3) is 0 Å². The largest absolute Gasteiger partial charge is 0.312 e. The summed E-state index contributed by atoms with van der Waals surface area (Å²) in [5, 5.41) is 5.70. The second kappa shape index (κ2) is 8.26. The minimum Gasteiger partial charge on any atom is -0.312 e. The molecule has 1 aromatic heterocycles. The number of hydrogen-bond acceptors (Lipinski definition) is 2. The summed E-state index contributed by atoms with van der Waals surface area (Å²) in [5.74, 6) is 0.846. The molecule has 1 atom stereocenters. The van der Waals surface area contributed by atoms with E-state index in [1.807, 2.05) is 11.3 Å². The molecule has 0 saturated carbocycles. The molecule has 1 heterocycles. The number of halogens is 1. The van der Waals surface area contributed by atoms with Crippen molar-refractivity contribution in [2.75, 3.05) is 6.54 Å². The monoisotopic (exact) mass is 303 g/mol. The highest BCUT2D eigenvalue weighted by atomic mass is 79.9. The molecule has 0 aromatic carbocycles. The lowest BCUT2D eigenvalue weighted by molar-refractivity contribution is 0.420. The molecule has 0 aliphatic heterocycles. The van der Waals surface area contributed by atoms with Crippen molar-refractivity contribution in [2.45, 2.75) is 46.1 Å². The first-order valence-corrected chi connectivity index (χ1v) is 7.87. The number of hydrogen-bond donors (Lipinski definition) is 1. The van der Waals surface area contributed by atoms with Gasteiger partial charge in [-0.05, 0) is 46.3 Å². The summed E-state index contributed by atoms with van der Waals surface area (Å²) in [6, 6.07) is 2.12. The van der Waals surface area contributed by atoms with E-state index in [2.05, 4.69) is 46.5 Å². The second-order valence-corrected chi connectivity index (χ2v) is 6.09. The van der Waals surface area contributed by atoms with Gasteiger partial charge in [0.2, 0.25) is 0 Å². The van der Waals surface area contributed by atoms with E-state index in [0.717, 1.165) is 19.0 Å². The molecule has 1 nitrogen and oxygen atoms in total. The molecule has 1 rings (SSSR count). The Morgan fingerprint density at radius 3 is 2.81 bits per heavy atom. The van der Waals surface area contributed by atoms with Crippen molar-refractivity contribution in [3.63, 3.8) is 0 Å². The van der Waals surface area contributed by atoms with Crippen LogP contribution in [0.5, 0.6) is 0 Å². The fraction of sp³-hybridized carbons (Fsp3) is 0.692. The molecule has 3 heteroatoms. The SMILES string of the molecule is CCCCC(CC)CNCc1sccc1Br. The lowest BCUT2D eigenvalue weighted by atomic mass is 9.99. The van der Waals surface area contributed by atoms with Crippen molar-refractivity contribution in [2.24, 2.45) is 5.92 Å². The minimum absolute atomic E-state index is 0.846. The average molecular weight is 304 g/mol. The predicted octanol–water partition coefficient (Wildman–Crippen LogP) is 4.82. The summed E-state index contributed by atoms with van der Waals surface area (Å²) in [6.45, 7) is 6.72. The van der Waals surface area contributed by atoms with Gasteiger partial charge in [-0.2, -0.15) is 0 Å². The average Bonchev–Trinajstić information content (AvgIpc) is 2.69. The van der Waals surface area contributed by atoms with E-state index in [0.29, 0.717) is 0 Å². The topological polar surface area (TPSA) is 12.0 Å². The van der Waals surface area contributed by atoms with Crippen LogP contribution in [0.1, 0.15) is 44.4 Å². The minimum atomic E-state index is 0.846. The van der Waals surface area contributed by atoms with Crippen molar-refractivity contribution in [1.29, 1.82) is 0 Å². The molecule has 0 spiro atoms. The van der Waals surface area contributed by atoms with Crippen LogP contribution >= 0.6 is 27.3 Å². The second-order valence-electron chi connectivity index (χ2n) is 4.24. The third-order valence-electron chi connectivity index (χ3n) is 2.95. The zero-order valence-corrected chi connectivity index (χ0v) is 12.7. The van der Waals surface area contributed by atoms with Gasteiger partial charge in [-0.1, -0.05) is 33.1 Å². The van der Waals surface area contributed by atoms with Crippen molar-refractivity contribution >= 4 is 27.3 Å². The van der Waals surface area contributed by atoms with Crippen LogP contribution in [0, 0.1) is 5.92 Å². The van der Waals surface area contributed by atoms with Crippen LogP contribution < -0.4 is 5.32 Å². The fourth-order valence-corrected chi connectivity index (χ4v) is 3.25. The maximum Gasteiger partial charge on any atom is 0.0327 e. The number of nitrogens with one attached hydrogen (secondary N) is 1. The van der Waals surface area contributed by atoms with Crippen LogP contribution in [0.3, 0.4) is 0 Å². The molecule has 0 aliphatic carbocycles. The molecule has 0 fully saturated rings. The molecule has 92 valence electrons. The van der Waals surface area contributed by atoms with Crippen molar-refractivity contribution in [1.82, 2.24) is 5.32 Å². The number of thiophene rings is 1. The smallest absolute Gasteiger partial charge is 0.0327 e. The zero-order valence-electron chi connectivity index (χ0n) is 10.3. The normalized spacial score (nSPS) is 12.9. The van der Waals surface area contributed by atoms with Gasteiger partial charge >= 0.3 is 0 Å². The maximum atomic E-state index is 3.57. The van der Waals surface area contributed by atoms with E-state index in [9.17, 15) is 0 Å². The van der Waals surface area contributed by atoms with E-state index < -0.39 is 0 Å². The molecule has 0 radical (unpaired) electrons. The summed E-state index contributed by atoms with van der Waals surface area (Å²) in [4.78, 5) is 1.41. The maximum absolute atomic E-state index is 3.57. The van der Waals surface area contributed by atoms with Gasteiger partial charge in [0.25, 0.3) is 0 Å². The van der Waals surface area contributed by atoms with Gasteiger partial charge in [-0.3, -0.25) is 0 Å². The Labute approximate surface area is 112 Å². The van der Waals surface area contributed by atoms with Crippen LogP contribution in [-0.2, 0) is 6.54 Å². The highest BCUT2D eigenvalue weighted by molar-refractivity contribution is 9.10. The van der Waals surface area contributed by atoms with Gasteiger partial charge in [0, 0.05) is 15.9 Å². The summed E-state index contributed by atoms with van der Waals surface area (Å²) in [7, 11) is 0. The van der Waals surface area contributed by atoms with Crippen LogP contribution in [0.15, 0.2) is 15.9 Å². The van der Waals surface area contributed by atoms with E-state index in [-0.39, 0.29) is 0 Å². The predicted molar refractivity (Wildman–Crippen MR) is 77.0 cm³/mol. The van der Waals surface area contributed by atoms with Gasteiger partial charge in [0.05, 0.1) is 0 Å². The van der Waals surface area contributed by atoms with Gasteiger partial charge in [-0.25, -0.2) is 0 Å². The number of rotatable bonds is 8. The molecule has 0 amide bonds. The first-order chi connectivity index (χ1) is 7.77. The summed E-state index contributed by atoms with van der Waals surface area (Å²) >= 11 is 5.38. The molecule has 1 N–H and O–H groups in total.